The Kier molecular flexibility index (Phi) is 3.54. The number of hydrogen-bond acceptors (Lipinski definition) is 3. The predicted molar refractivity (Wildman–Crippen MR) is 48.4 cm³/mol. The van der Waals surface area contributed by atoms with Crippen LogP contribution in [-0.2, 0) is 4.74 Å². The van der Waals surface area contributed by atoms with Gasteiger partial charge in [-0.3, -0.25) is 0 Å². The van der Waals surface area contributed by atoms with E-state index < -0.39 is 0 Å². The summed E-state index contributed by atoms with van der Waals surface area (Å²) in [5.41, 5.74) is 0. The molecule has 0 saturated heterocycles. The third-order valence-electron chi connectivity index (χ3n) is 2.09. The molecule has 0 radical (unpaired) electrons. The molecule has 1 saturated carbocycles. The third-order valence-corrected chi connectivity index (χ3v) is 2.09. The molecule has 0 heterocycles. The van der Waals surface area contributed by atoms with Gasteiger partial charge in [0.15, 0.2) is 0 Å². The number of nitrogens with one attached hydrogen (secondary N) is 1. The number of aliphatic hydroxyl groups is 1. The van der Waals surface area contributed by atoms with E-state index in [1.807, 2.05) is 13.8 Å². The molecule has 1 amide bonds. The quantitative estimate of drug-likeness (QED) is 0.690. The first-order valence-electron chi connectivity index (χ1n) is 4.70. The predicted octanol–water partition coefficient (Wildman–Crippen LogP) is 0.892. The lowest BCUT2D eigenvalue weighted by Gasteiger charge is -2.31. The maximum atomic E-state index is 11.0. The van der Waals surface area contributed by atoms with Crippen molar-refractivity contribution in [2.75, 3.05) is 6.54 Å². The van der Waals surface area contributed by atoms with Crippen molar-refractivity contribution in [1.29, 1.82) is 0 Å². The van der Waals surface area contributed by atoms with Crippen molar-refractivity contribution in [3.63, 3.8) is 0 Å². The maximum Gasteiger partial charge on any atom is 0.407 e. The molecule has 0 unspecified atom stereocenters. The van der Waals surface area contributed by atoms with Gasteiger partial charge in [0.1, 0.15) is 0 Å². The molecule has 76 valence electrons. The van der Waals surface area contributed by atoms with E-state index in [0.717, 1.165) is 12.8 Å². The monoisotopic (exact) mass is 187 g/mol. The summed E-state index contributed by atoms with van der Waals surface area (Å²) in [7, 11) is 0. The Morgan fingerprint density at radius 1 is 1.62 bits per heavy atom. The summed E-state index contributed by atoms with van der Waals surface area (Å²) in [5, 5.41) is 11.6. The van der Waals surface area contributed by atoms with Gasteiger partial charge >= 0.3 is 6.09 Å². The zero-order valence-electron chi connectivity index (χ0n) is 8.12. The molecular weight excluding hydrogens is 170 g/mol. The zero-order chi connectivity index (χ0) is 9.84. The van der Waals surface area contributed by atoms with Crippen LogP contribution in [0.5, 0.6) is 0 Å². The van der Waals surface area contributed by atoms with Crippen LogP contribution >= 0.6 is 0 Å². The fourth-order valence-corrected chi connectivity index (χ4v) is 1.35. The number of amides is 1. The van der Waals surface area contributed by atoms with Crippen LogP contribution in [0.4, 0.5) is 4.79 Å². The molecule has 0 aromatic rings. The van der Waals surface area contributed by atoms with Crippen molar-refractivity contribution < 1.29 is 14.6 Å². The normalized spacial score (nSPS) is 26.8. The van der Waals surface area contributed by atoms with Crippen LogP contribution < -0.4 is 5.32 Å². The fraction of sp³-hybridized carbons (Fsp3) is 0.889. The summed E-state index contributed by atoms with van der Waals surface area (Å²) in [6.07, 6.45) is 0.987. The first-order valence-corrected chi connectivity index (χ1v) is 4.70. The van der Waals surface area contributed by atoms with E-state index >= 15 is 0 Å². The largest absolute Gasteiger partial charge is 0.447 e. The minimum absolute atomic E-state index is 0.0769. The van der Waals surface area contributed by atoms with Crippen molar-refractivity contribution >= 4 is 6.09 Å². The zero-order valence-corrected chi connectivity index (χ0v) is 8.12. The van der Waals surface area contributed by atoms with Gasteiger partial charge in [0, 0.05) is 6.54 Å². The molecule has 1 aliphatic carbocycles. The van der Waals surface area contributed by atoms with Crippen molar-refractivity contribution in [3.05, 3.63) is 0 Å². The van der Waals surface area contributed by atoms with E-state index in [2.05, 4.69) is 5.32 Å². The Hall–Kier alpha value is -0.770. The molecule has 4 nitrogen and oxygen atoms in total. The average molecular weight is 187 g/mol. The van der Waals surface area contributed by atoms with Crippen LogP contribution in [-0.4, -0.2) is 30.0 Å². The average Bonchev–Trinajstić information content (AvgIpc) is 1.94. The second-order valence-electron chi connectivity index (χ2n) is 3.83. The molecule has 1 fully saturated rings. The van der Waals surface area contributed by atoms with Crippen LogP contribution in [0, 0.1) is 5.92 Å². The third kappa shape index (κ3) is 3.63. The molecule has 4 heteroatoms. The van der Waals surface area contributed by atoms with E-state index in [4.69, 9.17) is 9.84 Å². The molecule has 0 atom stereocenters. The number of carbonyl (C=O) groups is 1. The highest BCUT2D eigenvalue weighted by atomic mass is 16.6. The summed E-state index contributed by atoms with van der Waals surface area (Å²) in [4.78, 5) is 11.0. The molecule has 0 aliphatic heterocycles. The second-order valence-corrected chi connectivity index (χ2v) is 3.83. The number of ether oxygens (including phenoxy) is 1. The lowest BCUT2D eigenvalue weighted by molar-refractivity contribution is 0.0409. The lowest BCUT2D eigenvalue weighted by atomic mass is 9.82. The SMILES string of the molecule is CC(C)OC(=O)NCC1CC(O)C1. The van der Waals surface area contributed by atoms with E-state index in [9.17, 15) is 4.79 Å². The van der Waals surface area contributed by atoms with Gasteiger partial charge in [0.2, 0.25) is 0 Å². The Balaban J connectivity index is 2.02. The van der Waals surface area contributed by atoms with Gasteiger partial charge in [-0.25, -0.2) is 4.79 Å². The van der Waals surface area contributed by atoms with Gasteiger partial charge in [-0.1, -0.05) is 0 Å². The topological polar surface area (TPSA) is 58.6 Å². The number of carbonyl (C=O) groups excluding carboxylic acids is 1. The molecule has 13 heavy (non-hydrogen) atoms. The van der Waals surface area contributed by atoms with E-state index in [1.165, 1.54) is 0 Å². The van der Waals surface area contributed by atoms with Gasteiger partial charge < -0.3 is 15.2 Å². The van der Waals surface area contributed by atoms with E-state index in [0.29, 0.717) is 12.5 Å². The van der Waals surface area contributed by atoms with Crippen LogP contribution in [0.25, 0.3) is 0 Å². The number of aliphatic hydroxyl groups excluding tert-OH is 1. The number of rotatable bonds is 3. The summed E-state index contributed by atoms with van der Waals surface area (Å²) in [6, 6.07) is 0. The van der Waals surface area contributed by atoms with Gasteiger partial charge in [-0.05, 0) is 32.6 Å². The molecule has 0 aromatic heterocycles. The minimum atomic E-state index is -0.364. The van der Waals surface area contributed by atoms with Crippen LogP contribution in [0.3, 0.4) is 0 Å². The molecule has 0 spiro atoms. The Morgan fingerprint density at radius 3 is 2.69 bits per heavy atom. The van der Waals surface area contributed by atoms with Gasteiger partial charge in [0.25, 0.3) is 0 Å². The molecule has 2 N–H and O–H groups in total. The lowest BCUT2D eigenvalue weighted by Crippen LogP contribution is -2.39. The highest BCUT2D eigenvalue weighted by Gasteiger charge is 2.27. The Bertz CT molecular complexity index is 176. The van der Waals surface area contributed by atoms with Crippen molar-refractivity contribution in [2.24, 2.45) is 5.92 Å². The summed E-state index contributed by atoms with van der Waals surface area (Å²) >= 11 is 0. The fourth-order valence-electron chi connectivity index (χ4n) is 1.35. The Morgan fingerprint density at radius 2 is 2.23 bits per heavy atom. The summed E-state index contributed by atoms with van der Waals surface area (Å²) in [6.45, 7) is 4.24. The summed E-state index contributed by atoms with van der Waals surface area (Å²) < 4.78 is 4.88. The first-order chi connectivity index (χ1) is 6.08. The summed E-state index contributed by atoms with van der Waals surface area (Å²) in [5.74, 6) is 0.426. The smallest absolute Gasteiger partial charge is 0.407 e. The Labute approximate surface area is 78.3 Å². The van der Waals surface area contributed by atoms with Crippen molar-refractivity contribution in [3.8, 4) is 0 Å². The highest BCUT2D eigenvalue weighted by molar-refractivity contribution is 5.67. The highest BCUT2D eigenvalue weighted by Crippen LogP contribution is 2.25. The second kappa shape index (κ2) is 4.46. The molecular formula is C9H17NO3. The van der Waals surface area contributed by atoms with Crippen molar-refractivity contribution in [1.82, 2.24) is 5.32 Å². The van der Waals surface area contributed by atoms with E-state index in [-0.39, 0.29) is 18.3 Å². The van der Waals surface area contributed by atoms with Crippen LogP contribution in [0.2, 0.25) is 0 Å². The minimum Gasteiger partial charge on any atom is -0.447 e. The molecule has 1 aliphatic rings. The van der Waals surface area contributed by atoms with Crippen LogP contribution in [0.1, 0.15) is 26.7 Å². The maximum absolute atomic E-state index is 11.0. The molecule has 1 rings (SSSR count). The van der Waals surface area contributed by atoms with Gasteiger partial charge in [-0.2, -0.15) is 0 Å². The van der Waals surface area contributed by atoms with Gasteiger partial charge in [-0.15, -0.1) is 0 Å². The van der Waals surface area contributed by atoms with Gasteiger partial charge in [0.05, 0.1) is 12.2 Å². The molecule has 0 aromatic carbocycles. The van der Waals surface area contributed by atoms with Crippen LogP contribution in [0.15, 0.2) is 0 Å². The standard InChI is InChI=1S/C9H17NO3/c1-6(2)13-9(12)10-5-7-3-8(11)4-7/h6-8,11H,3-5H2,1-2H3,(H,10,12). The van der Waals surface area contributed by atoms with E-state index in [1.54, 1.807) is 0 Å². The number of hydrogen-bond donors (Lipinski definition) is 2. The van der Waals surface area contributed by atoms with Crippen molar-refractivity contribution in [2.45, 2.75) is 38.9 Å². The first kappa shape index (κ1) is 10.3. The molecule has 0 bridgehead atoms. The number of alkyl carbamates (subject to hydrolysis) is 1.